The fourth-order valence-corrected chi connectivity index (χ4v) is 2.49. The molecule has 2 aromatic rings. The highest BCUT2D eigenvalue weighted by molar-refractivity contribution is 14.0. The second kappa shape index (κ2) is 14.4. The predicted octanol–water partition coefficient (Wildman–Crippen LogP) is 4.12. The van der Waals surface area contributed by atoms with Crippen molar-refractivity contribution < 1.29 is 9.26 Å². The summed E-state index contributed by atoms with van der Waals surface area (Å²) >= 11 is 0. The fourth-order valence-electron chi connectivity index (χ4n) is 2.49. The first-order valence-electron chi connectivity index (χ1n) is 9.78. The van der Waals surface area contributed by atoms with E-state index in [1.807, 2.05) is 12.1 Å². The number of nitrogens with zero attached hydrogens (tertiary/aromatic N) is 2. The van der Waals surface area contributed by atoms with E-state index in [1.54, 1.807) is 0 Å². The van der Waals surface area contributed by atoms with Crippen molar-refractivity contribution in [3.05, 3.63) is 53.4 Å². The minimum Gasteiger partial charge on any atom is -0.381 e. The lowest BCUT2D eigenvalue weighted by Crippen LogP contribution is -2.38. The van der Waals surface area contributed by atoms with E-state index in [2.05, 4.69) is 65.8 Å². The van der Waals surface area contributed by atoms with Crippen LogP contribution in [0, 0.1) is 0 Å². The predicted molar refractivity (Wildman–Crippen MR) is 124 cm³/mol. The van der Waals surface area contributed by atoms with Crippen molar-refractivity contribution in [3.63, 3.8) is 0 Å². The van der Waals surface area contributed by atoms with Gasteiger partial charge in [-0.1, -0.05) is 49.3 Å². The zero-order chi connectivity index (χ0) is 19.3. The summed E-state index contributed by atoms with van der Waals surface area (Å²) in [5, 5.41) is 10.6. The van der Waals surface area contributed by atoms with Crippen molar-refractivity contribution in [1.29, 1.82) is 0 Å². The maximum atomic E-state index is 5.71. The van der Waals surface area contributed by atoms with E-state index < -0.39 is 0 Å². The molecule has 7 heteroatoms. The molecule has 0 spiro atoms. The summed E-state index contributed by atoms with van der Waals surface area (Å²) < 4.78 is 11.0. The molecule has 2 rings (SSSR count). The molecule has 0 atom stereocenters. The Morgan fingerprint density at radius 3 is 2.64 bits per heavy atom. The summed E-state index contributed by atoms with van der Waals surface area (Å²) in [6.07, 6.45) is 1.88. The Kier molecular flexibility index (Phi) is 12.6. The van der Waals surface area contributed by atoms with Gasteiger partial charge in [-0.2, -0.15) is 0 Å². The molecule has 0 unspecified atom stereocenters. The van der Waals surface area contributed by atoms with E-state index in [-0.39, 0.29) is 24.0 Å². The topological polar surface area (TPSA) is 71.7 Å². The molecule has 0 radical (unpaired) electrons. The van der Waals surface area contributed by atoms with Crippen molar-refractivity contribution >= 4 is 29.9 Å². The Morgan fingerprint density at radius 1 is 1.18 bits per heavy atom. The highest BCUT2D eigenvalue weighted by Crippen LogP contribution is 2.14. The second-order valence-corrected chi connectivity index (χ2v) is 6.70. The SMILES string of the molecule is CCNC(=NCc1cc(C(C)C)no1)NCCCOCCc1ccccc1.I. The third-order valence-electron chi connectivity index (χ3n) is 4.04. The van der Waals surface area contributed by atoms with Crippen LogP contribution in [0.1, 0.15) is 50.1 Å². The lowest BCUT2D eigenvalue weighted by molar-refractivity contribution is 0.135. The number of hydrogen-bond donors (Lipinski definition) is 2. The van der Waals surface area contributed by atoms with E-state index in [4.69, 9.17) is 9.26 Å². The average Bonchev–Trinajstić information content (AvgIpc) is 3.15. The number of guanidine groups is 1. The number of rotatable bonds is 11. The van der Waals surface area contributed by atoms with Crippen LogP contribution >= 0.6 is 24.0 Å². The normalized spacial score (nSPS) is 11.4. The Hall–Kier alpha value is -1.61. The van der Waals surface area contributed by atoms with E-state index in [1.165, 1.54) is 5.56 Å². The smallest absolute Gasteiger partial charge is 0.191 e. The number of benzene rings is 1. The van der Waals surface area contributed by atoms with Gasteiger partial charge in [0, 0.05) is 25.8 Å². The van der Waals surface area contributed by atoms with Gasteiger partial charge in [0.2, 0.25) is 0 Å². The van der Waals surface area contributed by atoms with Crippen LogP contribution in [0.15, 0.2) is 45.9 Å². The van der Waals surface area contributed by atoms with Crippen LogP contribution in [0.5, 0.6) is 0 Å². The van der Waals surface area contributed by atoms with Gasteiger partial charge in [0.25, 0.3) is 0 Å². The highest BCUT2D eigenvalue weighted by atomic mass is 127. The zero-order valence-corrected chi connectivity index (χ0v) is 19.4. The van der Waals surface area contributed by atoms with Crippen molar-refractivity contribution in [1.82, 2.24) is 15.8 Å². The summed E-state index contributed by atoms with van der Waals surface area (Å²) in [6.45, 7) is 9.83. The summed E-state index contributed by atoms with van der Waals surface area (Å²) in [5.41, 5.74) is 2.27. The van der Waals surface area contributed by atoms with Crippen molar-refractivity contribution in [2.45, 2.75) is 46.1 Å². The molecule has 0 amide bonds. The number of nitrogens with one attached hydrogen (secondary N) is 2. The average molecular weight is 500 g/mol. The molecule has 0 fully saturated rings. The summed E-state index contributed by atoms with van der Waals surface area (Å²) in [5.74, 6) is 1.92. The van der Waals surface area contributed by atoms with Crippen molar-refractivity contribution in [3.8, 4) is 0 Å². The number of aliphatic imine (C=N–C) groups is 1. The lowest BCUT2D eigenvalue weighted by Gasteiger charge is -2.11. The molecule has 0 aliphatic rings. The maximum absolute atomic E-state index is 5.71. The minimum atomic E-state index is 0. The van der Waals surface area contributed by atoms with E-state index in [9.17, 15) is 0 Å². The van der Waals surface area contributed by atoms with Gasteiger partial charge >= 0.3 is 0 Å². The maximum Gasteiger partial charge on any atom is 0.191 e. The van der Waals surface area contributed by atoms with Crippen LogP contribution in [-0.4, -0.2) is 37.4 Å². The summed E-state index contributed by atoms with van der Waals surface area (Å²) in [7, 11) is 0. The third kappa shape index (κ3) is 9.54. The first kappa shape index (κ1) is 24.4. The largest absolute Gasteiger partial charge is 0.381 e. The van der Waals surface area contributed by atoms with E-state index >= 15 is 0 Å². The molecule has 1 aromatic carbocycles. The molecule has 0 aliphatic heterocycles. The van der Waals surface area contributed by atoms with E-state index in [0.29, 0.717) is 12.5 Å². The Balaban J connectivity index is 0.00000392. The van der Waals surface area contributed by atoms with Gasteiger partial charge in [-0.15, -0.1) is 24.0 Å². The molecular formula is C21H33IN4O2. The molecule has 2 N–H and O–H groups in total. The van der Waals surface area contributed by atoms with Gasteiger partial charge in [-0.3, -0.25) is 0 Å². The minimum absolute atomic E-state index is 0. The standard InChI is InChI=1S/C21H32N4O2.HI/c1-4-22-21(24-16-19-15-20(17(2)3)25-27-19)23-12-8-13-26-14-11-18-9-6-5-7-10-18;/h5-7,9-10,15,17H,4,8,11-14,16H2,1-3H3,(H2,22,23,24);1H. The Labute approximate surface area is 185 Å². The lowest BCUT2D eigenvalue weighted by atomic mass is 10.1. The molecule has 1 heterocycles. The van der Waals surface area contributed by atoms with Gasteiger partial charge in [-0.05, 0) is 31.2 Å². The number of aromatic nitrogens is 1. The zero-order valence-electron chi connectivity index (χ0n) is 17.1. The molecular weight excluding hydrogens is 467 g/mol. The molecule has 156 valence electrons. The molecule has 28 heavy (non-hydrogen) atoms. The van der Waals surface area contributed by atoms with Crippen LogP contribution in [0.25, 0.3) is 0 Å². The summed E-state index contributed by atoms with van der Waals surface area (Å²) in [4.78, 5) is 4.55. The number of ether oxygens (including phenoxy) is 1. The van der Waals surface area contributed by atoms with Crippen molar-refractivity contribution in [2.24, 2.45) is 4.99 Å². The molecule has 0 bridgehead atoms. The number of halogens is 1. The van der Waals surface area contributed by atoms with Gasteiger partial charge in [0.1, 0.15) is 6.54 Å². The second-order valence-electron chi connectivity index (χ2n) is 6.70. The van der Waals surface area contributed by atoms with Gasteiger partial charge in [0.15, 0.2) is 11.7 Å². The quantitative estimate of drug-likeness (QED) is 0.210. The van der Waals surface area contributed by atoms with Crippen LogP contribution in [0.4, 0.5) is 0 Å². The summed E-state index contributed by atoms with van der Waals surface area (Å²) in [6, 6.07) is 12.4. The van der Waals surface area contributed by atoms with E-state index in [0.717, 1.165) is 56.6 Å². The first-order chi connectivity index (χ1) is 13.2. The van der Waals surface area contributed by atoms with Crippen LogP contribution < -0.4 is 10.6 Å². The molecule has 1 aromatic heterocycles. The molecule has 0 saturated heterocycles. The first-order valence-corrected chi connectivity index (χ1v) is 9.78. The van der Waals surface area contributed by atoms with Gasteiger partial charge < -0.3 is 19.9 Å². The van der Waals surface area contributed by atoms with Gasteiger partial charge in [0.05, 0.1) is 12.3 Å². The van der Waals surface area contributed by atoms with Gasteiger partial charge in [-0.25, -0.2) is 4.99 Å². The Morgan fingerprint density at radius 2 is 1.96 bits per heavy atom. The molecule has 0 saturated carbocycles. The highest BCUT2D eigenvalue weighted by Gasteiger charge is 2.07. The molecule has 0 aliphatic carbocycles. The van der Waals surface area contributed by atoms with Crippen molar-refractivity contribution in [2.75, 3.05) is 26.3 Å². The number of hydrogen-bond acceptors (Lipinski definition) is 4. The van der Waals surface area contributed by atoms with Crippen LogP contribution in [0.2, 0.25) is 0 Å². The Bertz CT molecular complexity index is 674. The van der Waals surface area contributed by atoms with Crippen LogP contribution in [0.3, 0.4) is 0 Å². The van der Waals surface area contributed by atoms with Crippen LogP contribution in [-0.2, 0) is 17.7 Å². The fraction of sp³-hybridized carbons (Fsp3) is 0.524. The molecule has 6 nitrogen and oxygen atoms in total. The monoisotopic (exact) mass is 500 g/mol. The third-order valence-corrected chi connectivity index (χ3v) is 4.04.